The number of halogens is 2. The second-order valence-corrected chi connectivity index (χ2v) is 22.1. The van der Waals surface area contributed by atoms with E-state index in [1.807, 2.05) is 6.07 Å². The van der Waals surface area contributed by atoms with Gasteiger partial charge in [-0.15, -0.1) is 0 Å². The molecule has 19 heteroatoms. The molecular weight excluding hydrogens is 911 g/mol. The number of hydrogen-bond acceptors (Lipinski definition) is 14. The number of benzene rings is 2. The zero-order chi connectivity index (χ0) is 49.5. The number of carbonyl (C=O) groups excluding carboxylic acids is 5. The van der Waals surface area contributed by atoms with E-state index in [0.717, 1.165) is 107 Å². The van der Waals surface area contributed by atoms with Crippen molar-refractivity contribution in [2.45, 2.75) is 96.2 Å². The van der Waals surface area contributed by atoms with Crippen LogP contribution in [0.4, 0.5) is 31.8 Å². The molecule has 0 bridgehead atoms. The van der Waals surface area contributed by atoms with Gasteiger partial charge in [0.05, 0.1) is 28.9 Å². The number of hydrogen-bond donors (Lipinski definition) is 4. The second-order valence-electron chi connectivity index (χ2n) is 22.1. The first kappa shape index (κ1) is 48.8. The van der Waals surface area contributed by atoms with Crippen LogP contribution in [0.3, 0.4) is 0 Å². The minimum absolute atomic E-state index is 0.0172. The number of anilines is 4. The average Bonchev–Trinajstić information content (AvgIpc) is 4.02. The molecule has 1 aromatic heterocycles. The van der Waals surface area contributed by atoms with Gasteiger partial charge in [-0.05, 0) is 132 Å². The summed E-state index contributed by atoms with van der Waals surface area (Å²) in [6.45, 7) is 16.1. The average molecular weight is 979 g/mol. The van der Waals surface area contributed by atoms with E-state index >= 15 is 8.78 Å². The molecule has 1 unspecified atom stereocenters. The number of likely N-dealkylation sites (tertiary alicyclic amines) is 3. The highest BCUT2D eigenvalue weighted by molar-refractivity contribution is 6.23. The monoisotopic (exact) mass is 979 g/mol. The standard InChI is InChI=1S/C52H68F2N12O5/c1-50(2)9-19-61(20-10-50)29-35-25-40(54)42(27-39(35)53)65-30-46(68)60-52(33-65)13-23-64(24-14-52)44-28-43(57-34-58-44)56-16-4-18-63-22-12-51(32-63)11-21-62(31-51)17-3-15-55-36-5-6-37-38(26-36)49(71)66(48(37)70)41-7-8-45(67)59-47(41)69/h5-6,25-28,34,41,55H,3-4,7-24,29-33H2,1-2H3,(H,60,68)(H,56,57,58)(H,59,67,69)/t41?,51-/m1/s1. The molecule has 2 spiro atoms. The fraction of sp³-hybridized carbons (Fsp3) is 0.596. The van der Waals surface area contributed by atoms with Gasteiger partial charge in [0.1, 0.15) is 35.6 Å². The number of nitrogens with one attached hydrogen (secondary N) is 4. The first-order chi connectivity index (χ1) is 34.1. The normalized spacial score (nSPS) is 24.8. The topological polar surface area (TPSA) is 179 Å². The fourth-order valence-electron chi connectivity index (χ4n) is 12.1. The van der Waals surface area contributed by atoms with Crippen molar-refractivity contribution >= 4 is 52.5 Å². The summed E-state index contributed by atoms with van der Waals surface area (Å²) < 4.78 is 31.2. The van der Waals surface area contributed by atoms with Crippen LogP contribution in [0.1, 0.15) is 104 Å². The first-order valence-electron chi connectivity index (χ1n) is 25.7. The quantitative estimate of drug-likeness (QED) is 0.124. The van der Waals surface area contributed by atoms with Crippen molar-refractivity contribution in [3.05, 3.63) is 71.1 Å². The minimum Gasteiger partial charge on any atom is -0.385 e. The number of aromatic nitrogens is 2. The highest BCUT2D eigenvalue weighted by atomic mass is 19.1. The maximum absolute atomic E-state index is 15.7. The van der Waals surface area contributed by atoms with Gasteiger partial charge in [0.2, 0.25) is 17.7 Å². The van der Waals surface area contributed by atoms with E-state index in [1.54, 1.807) is 29.4 Å². The van der Waals surface area contributed by atoms with Gasteiger partial charge in [-0.2, -0.15) is 0 Å². The minimum atomic E-state index is -0.980. The zero-order valence-electron chi connectivity index (χ0n) is 41.2. The third-order valence-electron chi connectivity index (χ3n) is 16.4. The Hall–Kier alpha value is -5.79. The van der Waals surface area contributed by atoms with Gasteiger partial charge in [0.25, 0.3) is 11.8 Å². The number of imide groups is 2. The molecule has 7 aliphatic rings. The molecule has 5 amide bonds. The van der Waals surface area contributed by atoms with Gasteiger partial charge in [0, 0.05) is 82.2 Å². The molecule has 0 saturated carbocycles. The molecule has 71 heavy (non-hydrogen) atoms. The molecule has 0 radical (unpaired) electrons. The second kappa shape index (κ2) is 20.0. The number of rotatable bonds is 15. The van der Waals surface area contributed by atoms with Crippen LogP contribution in [0.15, 0.2) is 42.7 Å². The van der Waals surface area contributed by atoms with E-state index in [9.17, 15) is 24.0 Å². The zero-order valence-corrected chi connectivity index (χ0v) is 41.2. The van der Waals surface area contributed by atoms with Gasteiger partial charge in [-0.3, -0.25) is 39.1 Å². The molecule has 10 rings (SSSR count). The molecular formula is C52H68F2N12O5. The molecule has 7 aliphatic heterocycles. The van der Waals surface area contributed by atoms with Crippen molar-refractivity contribution in [3.63, 3.8) is 0 Å². The Morgan fingerprint density at radius 2 is 1.39 bits per heavy atom. The number of piperazine rings is 1. The van der Waals surface area contributed by atoms with Gasteiger partial charge in [-0.25, -0.2) is 18.7 Å². The van der Waals surface area contributed by atoms with Crippen molar-refractivity contribution in [2.24, 2.45) is 10.8 Å². The number of carbonyl (C=O) groups is 5. The Balaban J connectivity index is 0.631. The molecule has 8 heterocycles. The Morgan fingerprint density at radius 3 is 2.11 bits per heavy atom. The Kier molecular flexibility index (Phi) is 13.8. The summed E-state index contributed by atoms with van der Waals surface area (Å²) in [5.74, 6) is -1.54. The van der Waals surface area contributed by atoms with Gasteiger partial charge in [-0.1, -0.05) is 13.8 Å². The van der Waals surface area contributed by atoms with Crippen molar-refractivity contribution in [2.75, 3.05) is 112 Å². The van der Waals surface area contributed by atoms with E-state index < -0.39 is 46.8 Å². The summed E-state index contributed by atoms with van der Waals surface area (Å²) in [6, 6.07) is 8.73. The van der Waals surface area contributed by atoms with Crippen LogP contribution in [-0.2, 0) is 20.9 Å². The molecule has 3 aromatic rings. The lowest BCUT2D eigenvalue weighted by atomic mass is 9.82. The largest absolute Gasteiger partial charge is 0.385 e. The molecule has 4 N–H and O–H groups in total. The Bertz CT molecular complexity index is 2550. The van der Waals surface area contributed by atoms with Gasteiger partial charge in [0.15, 0.2) is 0 Å². The van der Waals surface area contributed by atoms with E-state index in [1.165, 1.54) is 25.0 Å². The summed E-state index contributed by atoms with van der Waals surface area (Å²) in [4.78, 5) is 84.8. The molecule has 6 fully saturated rings. The molecule has 17 nitrogen and oxygen atoms in total. The van der Waals surface area contributed by atoms with Crippen LogP contribution in [0.25, 0.3) is 0 Å². The molecule has 2 atom stereocenters. The van der Waals surface area contributed by atoms with Crippen LogP contribution in [-0.4, -0.2) is 162 Å². The lowest BCUT2D eigenvalue weighted by Gasteiger charge is -2.48. The van der Waals surface area contributed by atoms with E-state index in [0.29, 0.717) is 56.5 Å². The van der Waals surface area contributed by atoms with Crippen LogP contribution in [0.2, 0.25) is 0 Å². The van der Waals surface area contributed by atoms with Crippen molar-refractivity contribution in [1.82, 2.24) is 40.2 Å². The molecule has 6 saturated heterocycles. The fourth-order valence-corrected chi connectivity index (χ4v) is 12.1. The highest BCUT2D eigenvalue weighted by Crippen LogP contribution is 2.40. The lowest BCUT2D eigenvalue weighted by Crippen LogP contribution is -2.66. The van der Waals surface area contributed by atoms with E-state index in [2.05, 4.69) is 64.7 Å². The van der Waals surface area contributed by atoms with Crippen LogP contribution in [0.5, 0.6) is 0 Å². The van der Waals surface area contributed by atoms with Crippen molar-refractivity contribution in [1.29, 1.82) is 0 Å². The molecule has 380 valence electrons. The number of nitrogens with zero attached hydrogens (tertiary/aromatic N) is 8. The predicted molar refractivity (Wildman–Crippen MR) is 265 cm³/mol. The van der Waals surface area contributed by atoms with Crippen molar-refractivity contribution in [3.8, 4) is 0 Å². The number of fused-ring (bicyclic) bond motifs is 1. The summed E-state index contributed by atoms with van der Waals surface area (Å²) in [6.07, 6.45) is 9.44. The van der Waals surface area contributed by atoms with Crippen LogP contribution in [0, 0.1) is 22.5 Å². The summed E-state index contributed by atoms with van der Waals surface area (Å²) in [7, 11) is 0. The number of amides is 5. The lowest BCUT2D eigenvalue weighted by molar-refractivity contribution is -0.136. The summed E-state index contributed by atoms with van der Waals surface area (Å²) in [5, 5.41) is 12.4. The molecule has 2 aromatic carbocycles. The summed E-state index contributed by atoms with van der Waals surface area (Å²) in [5.41, 5.74) is 1.83. The Morgan fingerprint density at radius 1 is 0.704 bits per heavy atom. The van der Waals surface area contributed by atoms with E-state index in [-0.39, 0.29) is 47.5 Å². The van der Waals surface area contributed by atoms with E-state index in [4.69, 9.17) is 0 Å². The maximum Gasteiger partial charge on any atom is 0.262 e. The Labute approximate surface area is 414 Å². The third kappa shape index (κ3) is 10.7. The molecule has 0 aliphatic carbocycles. The predicted octanol–water partition coefficient (Wildman–Crippen LogP) is 4.46. The highest BCUT2D eigenvalue weighted by Gasteiger charge is 2.46. The third-order valence-corrected chi connectivity index (χ3v) is 16.4. The first-order valence-corrected chi connectivity index (χ1v) is 25.7. The van der Waals surface area contributed by atoms with Gasteiger partial charge >= 0.3 is 0 Å². The van der Waals surface area contributed by atoms with Crippen molar-refractivity contribution < 1.29 is 32.8 Å². The summed E-state index contributed by atoms with van der Waals surface area (Å²) >= 11 is 0. The van der Waals surface area contributed by atoms with Gasteiger partial charge < -0.3 is 35.6 Å². The van der Waals surface area contributed by atoms with Crippen LogP contribution < -0.4 is 31.1 Å². The van der Waals surface area contributed by atoms with Crippen LogP contribution >= 0.6 is 0 Å². The maximum atomic E-state index is 15.7. The SMILES string of the molecule is CC1(C)CCN(Cc2cc(F)c(N3CC(=O)NC4(CCN(c5cc(NCCCN6CC[C@@]7(CCN(CCCNc8ccc9c(c8)C(=O)N(C8CCC(=O)NC8=O)C9=O)C7)C6)ncn5)CC4)C3)cc2F)CC1. The smallest absolute Gasteiger partial charge is 0.262 e. The number of piperidine rings is 3.